The Morgan fingerprint density at radius 3 is 0.893 bits per heavy atom. The molecule has 0 fully saturated rings. The molecule has 164 valence electrons. The first-order valence-corrected chi connectivity index (χ1v) is 8.16. The molecule has 0 amide bonds. The first-order chi connectivity index (χ1) is 12.1. The zero-order valence-electron chi connectivity index (χ0n) is 13.5. The SMILES string of the molecule is O=S(=O)([O-])C(F)C(F)C(F)C(F)C(F)C(F)C(F)C(F)C(F)C(F)C(F)F.[Na+]. The summed E-state index contributed by atoms with van der Waals surface area (Å²) in [6, 6.07) is 0. The monoisotopic (exact) mass is 474 g/mol. The molecule has 0 aromatic heterocycles. The van der Waals surface area contributed by atoms with Crippen LogP contribution in [0.4, 0.5) is 52.7 Å². The van der Waals surface area contributed by atoms with Crippen LogP contribution in [-0.4, -0.2) is 80.4 Å². The first kappa shape index (κ1) is 30.3. The second-order valence-corrected chi connectivity index (χ2v) is 6.61. The fourth-order valence-electron chi connectivity index (χ4n) is 1.67. The molecule has 28 heavy (non-hydrogen) atoms. The minimum Gasteiger partial charge on any atom is -0.746 e. The standard InChI is InChI=1S/C11H12F12O3S.Na/c12-1(2(13)4(15)6(17)8(19)10(21)22)3(14)5(16)7(18)9(20)11(23)27(24,25)26;/h1-11H,(H,24,25,26);/q;+1/p-1. The van der Waals surface area contributed by atoms with Crippen LogP contribution >= 0.6 is 0 Å². The third-order valence-corrected chi connectivity index (χ3v) is 4.01. The van der Waals surface area contributed by atoms with Gasteiger partial charge in [-0.05, 0) is 0 Å². The minimum absolute atomic E-state index is 0. The van der Waals surface area contributed by atoms with Crippen LogP contribution in [0.1, 0.15) is 0 Å². The van der Waals surface area contributed by atoms with Gasteiger partial charge in [-0.1, -0.05) is 0 Å². The Labute approximate surface area is 172 Å². The fourth-order valence-corrected chi connectivity index (χ4v) is 2.14. The number of hydrogen-bond donors (Lipinski definition) is 0. The molecule has 0 aromatic rings. The Hall–Kier alpha value is 0.0700. The molecule has 0 heterocycles. The molecule has 0 aliphatic carbocycles. The number of halogens is 12. The van der Waals surface area contributed by atoms with Gasteiger partial charge in [0.15, 0.2) is 55.5 Å². The van der Waals surface area contributed by atoms with Crippen molar-refractivity contribution in [3.05, 3.63) is 0 Å². The molecule has 10 atom stereocenters. The molecular weight excluding hydrogens is 463 g/mol. The summed E-state index contributed by atoms with van der Waals surface area (Å²) < 4.78 is 185. The molecule has 0 spiro atoms. The van der Waals surface area contributed by atoms with E-state index >= 15 is 0 Å². The van der Waals surface area contributed by atoms with Crippen molar-refractivity contribution in [2.45, 2.75) is 67.5 Å². The maximum atomic E-state index is 13.3. The summed E-state index contributed by atoms with van der Waals surface area (Å²) in [7, 11) is -6.20. The molecular formula is C11H11F12NaO3S. The van der Waals surface area contributed by atoms with E-state index in [0.29, 0.717) is 0 Å². The van der Waals surface area contributed by atoms with Crippen LogP contribution in [0.5, 0.6) is 0 Å². The van der Waals surface area contributed by atoms with Gasteiger partial charge in [0.25, 0.3) is 6.43 Å². The Morgan fingerprint density at radius 2 is 0.679 bits per heavy atom. The van der Waals surface area contributed by atoms with Gasteiger partial charge < -0.3 is 4.55 Å². The Balaban J connectivity index is 0. The first-order valence-electron chi connectivity index (χ1n) is 6.69. The maximum absolute atomic E-state index is 13.3. The summed E-state index contributed by atoms with van der Waals surface area (Å²) in [5, 5.41) is 0. The van der Waals surface area contributed by atoms with Crippen molar-refractivity contribution in [2.24, 2.45) is 0 Å². The summed E-state index contributed by atoms with van der Waals surface area (Å²) >= 11 is 0. The summed E-state index contributed by atoms with van der Waals surface area (Å²) in [5.74, 6) is 0. The Morgan fingerprint density at radius 1 is 0.464 bits per heavy atom. The van der Waals surface area contributed by atoms with Gasteiger partial charge in [-0.2, -0.15) is 0 Å². The summed E-state index contributed by atoms with van der Waals surface area (Å²) in [6.45, 7) is 0. The fraction of sp³-hybridized carbons (Fsp3) is 1.00. The van der Waals surface area contributed by atoms with Gasteiger partial charge in [0.1, 0.15) is 10.1 Å². The molecule has 10 unspecified atom stereocenters. The molecule has 3 nitrogen and oxygen atoms in total. The zero-order valence-corrected chi connectivity index (χ0v) is 16.3. The maximum Gasteiger partial charge on any atom is 1.00 e. The molecule has 17 heteroatoms. The van der Waals surface area contributed by atoms with Crippen LogP contribution in [0, 0.1) is 0 Å². The van der Waals surface area contributed by atoms with E-state index in [2.05, 4.69) is 0 Å². The van der Waals surface area contributed by atoms with Crippen molar-refractivity contribution < 1.29 is 95.2 Å². The van der Waals surface area contributed by atoms with Crippen molar-refractivity contribution in [1.82, 2.24) is 0 Å². The Kier molecular flexibility index (Phi) is 13.0. The molecule has 0 rings (SSSR count). The third-order valence-electron chi connectivity index (χ3n) is 3.20. The van der Waals surface area contributed by atoms with E-state index in [1.54, 1.807) is 0 Å². The molecule has 0 bridgehead atoms. The topological polar surface area (TPSA) is 57.2 Å². The van der Waals surface area contributed by atoms with Crippen LogP contribution < -0.4 is 29.6 Å². The number of rotatable bonds is 11. The van der Waals surface area contributed by atoms with Gasteiger partial charge in [0.05, 0.1) is 0 Å². The molecule has 0 radical (unpaired) electrons. The molecule has 0 N–H and O–H groups in total. The van der Waals surface area contributed by atoms with Crippen LogP contribution in [0.15, 0.2) is 0 Å². The van der Waals surface area contributed by atoms with Crippen LogP contribution in [0.25, 0.3) is 0 Å². The van der Waals surface area contributed by atoms with E-state index in [1.165, 1.54) is 0 Å². The van der Waals surface area contributed by atoms with E-state index < -0.39 is 77.6 Å². The van der Waals surface area contributed by atoms with Crippen LogP contribution in [0.3, 0.4) is 0 Å². The van der Waals surface area contributed by atoms with Gasteiger partial charge in [-0.3, -0.25) is 0 Å². The van der Waals surface area contributed by atoms with E-state index in [-0.39, 0.29) is 29.6 Å². The third kappa shape index (κ3) is 7.72. The van der Waals surface area contributed by atoms with Gasteiger partial charge in [-0.15, -0.1) is 0 Å². The number of alkyl halides is 12. The molecule has 0 saturated heterocycles. The van der Waals surface area contributed by atoms with Gasteiger partial charge in [-0.25, -0.2) is 61.1 Å². The van der Waals surface area contributed by atoms with E-state index in [4.69, 9.17) is 0 Å². The van der Waals surface area contributed by atoms with Crippen molar-refractivity contribution in [3.8, 4) is 0 Å². The van der Waals surface area contributed by atoms with Gasteiger partial charge >= 0.3 is 29.6 Å². The van der Waals surface area contributed by atoms with Gasteiger partial charge in [0, 0.05) is 0 Å². The minimum atomic E-state index is -6.20. The average molecular weight is 474 g/mol. The summed E-state index contributed by atoms with van der Waals surface area (Å²) in [6.07, 6.45) is -41.6. The number of hydrogen-bond acceptors (Lipinski definition) is 3. The van der Waals surface area contributed by atoms with Gasteiger partial charge in [0.2, 0.25) is 5.50 Å². The average Bonchev–Trinajstić information content (AvgIpc) is 2.60. The predicted octanol–water partition coefficient (Wildman–Crippen LogP) is 0.139. The second kappa shape index (κ2) is 12.1. The predicted molar refractivity (Wildman–Crippen MR) is 64.7 cm³/mol. The largest absolute Gasteiger partial charge is 1.00 e. The van der Waals surface area contributed by atoms with E-state index in [0.717, 1.165) is 0 Å². The quantitative estimate of drug-likeness (QED) is 0.243. The van der Waals surface area contributed by atoms with Crippen LogP contribution in [0.2, 0.25) is 0 Å². The van der Waals surface area contributed by atoms with Crippen molar-refractivity contribution in [2.75, 3.05) is 0 Å². The molecule has 0 saturated carbocycles. The van der Waals surface area contributed by atoms with Crippen LogP contribution in [-0.2, 0) is 10.1 Å². The van der Waals surface area contributed by atoms with Crippen molar-refractivity contribution >= 4 is 10.1 Å². The van der Waals surface area contributed by atoms with Crippen molar-refractivity contribution in [3.63, 3.8) is 0 Å². The normalized spacial score (nSPS) is 23.5. The summed E-state index contributed by atoms with van der Waals surface area (Å²) in [5.41, 5.74) is -4.26. The molecule has 0 aliphatic heterocycles. The Bertz CT molecular complexity index is 557. The zero-order chi connectivity index (χ0) is 21.9. The second-order valence-electron chi connectivity index (χ2n) is 5.18. The van der Waals surface area contributed by atoms with E-state index in [9.17, 15) is 65.7 Å². The summed E-state index contributed by atoms with van der Waals surface area (Å²) in [4.78, 5) is 0. The smallest absolute Gasteiger partial charge is 0.746 e. The van der Waals surface area contributed by atoms with E-state index in [1.807, 2.05) is 0 Å². The molecule has 0 aromatic carbocycles. The molecule has 0 aliphatic rings. The van der Waals surface area contributed by atoms with Crippen molar-refractivity contribution in [1.29, 1.82) is 0 Å².